The van der Waals surface area contributed by atoms with Crippen LogP contribution in [-0.4, -0.2) is 57.9 Å². The Kier molecular flexibility index (Phi) is 9.08. The van der Waals surface area contributed by atoms with Crippen LogP contribution in [0.4, 0.5) is 0 Å². The molecule has 224 valence electrons. The minimum absolute atomic E-state index is 0.00381. The third kappa shape index (κ3) is 6.90. The van der Waals surface area contributed by atoms with Crippen LogP contribution in [0.2, 0.25) is 0 Å². The van der Waals surface area contributed by atoms with Crippen molar-refractivity contribution in [1.82, 2.24) is 4.31 Å². The fourth-order valence-corrected chi connectivity index (χ4v) is 7.18. The van der Waals surface area contributed by atoms with E-state index in [1.165, 1.54) is 13.4 Å². The average molecular weight is 594 g/mol. The molecule has 5 rings (SSSR count). The number of fused-ring (bicyclic) bond motifs is 1. The maximum atomic E-state index is 12.2. The SMILES string of the molecule is COC(=O)CC1COc2cc(OCc3cccc(-c4c(C)cc(OCC5CCCCN5S(C)(=O)=O)cc4C)c3)ccc21. The van der Waals surface area contributed by atoms with Gasteiger partial charge in [-0.3, -0.25) is 4.79 Å². The minimum Gasteiger partial charge on any atom is -0.492 e. The molecule has 1 saturated heterocycles. The Morgan fingerprint density at radius 2 is 1.79 bits per heavy atom. The fraction of sp³-hybridized carbons (Fsp3) is 0.424. The van der Waals surface area contributed by atoms with Crippen molar-refractivity contribution in [3.05, 3.63) is 76.9 Å². The number of methoxy groups -OCH3 is 1. The standard InChI is InChI=1S/C33H39NO7S/c1-22-14-29(40-21-27-10-5-6-13-34(27)42(4,36)37)15-23(2)33(22)25-9-7-8-24(16-25)19-39-28-11-12-30-26(17-32(35)38-3)20-41-31(30)18-28/h7-9,11-12,14-16,18,26-27H,5-6,10,13,17,19-21H2,1-4H3. The number of nitrogens with zero attached hydrogens (tertiary/aromatic N) is 1. The summed E-state index contributed by atoms with van der Waals surface area (Å²) in [5.74, 6) is 1.95. The molecule has 2 aliphatic heterocycles. The summed E-state index contributed by atoms with van der Waals surface area (Å²) in [4.78, 5) is 11.7. The first-order chi connectivity index (χ1) is 20.1. The van der Waals surface area contributed by atoms with E-state index < -0.39 is 10.0 Å². The summed E-state index contributed by atoms with van der Waals surface area (Å²) in [5.41, 5.74) is 6.45. The smallest absolute Gasteiger partial charge is 0.306 e. The molecular formula is C33H39NO7S. The Balaban J connectivity index is 1.24. The molecule has 0 spiro atoms. The lowest BCUT2D eigenvalue weighted by atomic mass is 9.94. The maximum absolute atomic E-state index is 12.2. The van der Waals surface area contributed by atoms with Crippen molar-refractivity contribution in [1.29, 1.82) is 0 Å². The molecular weight excluding hydrogens is 554 g/mol. The van der Waals surface area contributed by atoms with Gasteiger partial charge in [0.2, 0.25) is 10.0 Å². The monoisotopic (exact) mass is 593 g/mol. The van der Waals surface area contributed by atoms with Gasteiger partial charge in [-0.05, 0) is 78.8 Å². The number of aryl methyl sites for hydroxylation is 2. The third-order valence-electron chi connectivity index (χ3n) is 8.07. The minimum atomic E-state index is -3.25. The second-order valence-corrected chi connectivity index (χ2v) is 13.2. The van der Waals surface area contributed by atoms with Gasteiger partial charge in [-0.15, -0.1) is 0 Å². The highest BCUT2D eigenvalue weighted by molar-refractivity contribution is 7.88. The molecule has 1 fully saturated rings. The summed E-state index contributed by atoms with van der Waals surface area (Å²) in [6.07, 6.45) is 4.28. The van der Waals surface area contributed by atoms with Gasteiger partial charge in [0.25, 0.3) is 0 Å². The molecule has 9 heteroatoms. The van der Waals surface area contributed by atoms with E-state index in [0.717, 1.165) is 64.1 Å². The number of benzene rings is 3. The van der Waals surface area contributed by atoms with Crippen molar-refractivity contribution in [3.63, 3.8) is 0 Å². The van der Waals surface area contributed by atoms with Crippen molar-refractivity contribution in [2.45, 2.75) is 58.1 Å². The van der Waals surface area contributed by atoms with E-state index in [4.69, 9.17) is 18.9 Å². The van der Waals surface area contributed by atoms with Gasteiger partial charge in [-0.2, -0.15) is 4.31 Å². The quantitative estimate of drug-likeness (QED) is 0.275. The number of rotatable bonds is 10. The van der Waals surface area contributed by atoms with Gasteiger partial charge >= 0.3 is 5.97 Å². The third-order valence-corrected chi connectivity index (χ3v) is 9.41. The molecule has 0 radical (unpaired) electrons. The van der Waals surface area contributed by atoms with Crippen molar-refractivity contribution in [2.75, 3.05) is 33.1 Å². The Bertz CT molecular complexity index is 1530. The van der Waals surface area contributed by atoms with Crippen LogP contribution in [0.5, 0.6) is 17.2 Å². The summed E-state index contributed by atoms with van der Waals surface area (Å²) < 4.78 is 48.9. The largest absolute Gasteiger partial charge is 0.492 e. The van der Waals surface area contributed by atoms with Crippen molar-refractivity contribution < 1.29 is 32.2 Å². The van der Waals surface area contributed by atoms with Gasteiger partial charge in [0, 0.05) is 24.1 Å². The molecule has 2 unspecified atom stereocenters. The second kappa shape index (κ2) is 12.8. The van der Waals surface area contributed by atoms with Gasteiger partial charge in [0.1, 0.15) is 30.5 Å². The lowest BCUT2D eigenvalue weighted by Gasteiger charge is -2.33. The zero-order valence-corrected chi connectivity index (χ0v) is 25.5. The van der Waals surface area contributed by atoms with Crippen LogP contribution >= 0.6 is 0 Å². The lowest BCUT2D eigenvalue weighted by molar-refractivity contribution is -0.141. The normalized spacial score (nSPS) is 18.7. The molecule has 3 aromatic carbocycles. The van der Waals surface area contributed by atoms with Crippen LogP contribution in [0.15, 0.2) is 54.6 Å². The topological polar surface area (TPSA) is 91.4 Å². The molecule has 0 amide bonds. The van der Waals surface area contributed by atoms with Gasteiger partial charge in [0.05, 0.1) is 32.4 Å². The van der Waals surface area contributed by atoms with Crippen LogP contribution in [0, 0.1) is 13.8 Å². The number of carbonyl (C=O) groups excluding carboxylic acids is 1. The van der Waals surface area contributed by atoms with Gasteiger partial charge < -0.3 is 18.9 Å². The van der Waals surface area contributed by atoms with E-state index in [2.05, 4.69) is 26.0 Å². The Labute approximate surface area is 248 Å². The number of piperidine rings is 1. The predicted molar refractivity (Wildman–Crippen MR) is 162 cm³/mol. The van der Waals surface area contributed by atoms with E-state index >= 15 is 0 Å². The van der Waals surface area contributed by atoms with Crippen LogP contribution in [-0.2, 0) is 26.2 Å². The molecule has 2 atom stereocenters. The molecule has 42 heavy (non-hydrogen) atoms. The lowest BCUT2D eigenvalue weighted by Crippen LogP contribution is -2.46. The van der Waals surface area contributed by atoms with E-state index in [0.29, 0.717) is 38.5 Å². The van der Waals surface area contributed by atoms with E-state index in [-0.39, 0.29) is 17.9 Å². The fourth-order valence-electron chi connectivity index (χ4n) is 6.02. The molecule has 3 aromatic rings. The number of carbonyl (C=O) groups is 1. The molecule has 0 saturated carbocycles. The summed E-state index contributed by atoms with van der Waals surface area (Å²) in [6.45, 7) is 5.90. The number of sulfonamides is 1. The van der Waals surface area contributed by atoms with Crippen molar-refractivity contribution >= 4 is 16.0 Å². The first-order valence-corrected chi connectivity index (χ1v) is 16.2. The highest BCUT2D eigenvalue weighted by atomic mass is 32.2. The predicted octanol–water partition coefficient (Wildman–Crippen LogP) is 5.78. The molecule has 0 aromatic heterocycles. The van der Waals surface area contributed by atoms with Gasteiger partial charge in [-0.25, -0.2) is 8.42 Å². The summed E-state index contributed by atoms with van der Waals surface area (Å²) in [6, 6.07) is 18.0. The molecule has 2 aliphatic rings. The molecule has 8 nitrogen and oxygen atoms in total. The highest BCUT2D eigenvalue weighted by Crippen LogP contribution is 2.39. The highest BCUT2D eigenvalue weighted by Gasteiger charge is 2.30. The summed E-state index contributed by atoms with van der Waals surface area (Å²) >= 11 is 0. The number of esters is 1. The summed E-state index contributed by atoms with van der Waals surface area (Å²) in [7, 11) is -1.86. The van der Waals surface area contributed by atoms with Gasteiger partial charge in [0.15, 0.2) is 0 Å². The van der Waals surface area contributed by atoms with Crippen LogP contribution in [0.1, 0.15) is 53.9 Å². The van der Waals surface area contributed by atoms with Crippen molar-refractivity contribution in [3.8, 4) is 28.4 Å². The first-order valence-electron chi connectivity index (χ1n) is 14.4. The number of hydrogen-bond acceptors (Lipinski definition) is 7. The van der Waals surface area contributed by atoms with E-state index in [9.17, 15) is 13.2 Å². The van der Waals surface area contributed by atoms with E-state index in [1.807, 2.05) is 42.5 Å². The Morgan fingerprint density at radius 1 is 1.00 bits per heavy atom. The summed E-state index contributed by atoms with van der Waals surface area (Å²) in [5, 5.41) is 0. The number of hydrogen-bond donors (Lipinski definition) is 0. The zero-order chi connectivity index (χ0) is 29.9. The van der Waals surface area contributed by atoms with Gasteiger partial charge in [-0.1, -0.05) is 30.7 Å². The molecule has 0 bridgehead atoms. The maximum Gasteiger partial charge on any atom is 0.306 e. The second-order valence-electron chi connectivity index (χ2n) is 11.2. The van der Waals surface area contributed by atoms with Crippen LogP contribution < -0.4 is 14.2 Å². The zero-order valence-electron chi connectivity index (χ0n) is 24.7. The number of ether oxygens (including phenoxy) is 4. The van der Waals surface area contributed by atoms with Crippen molar-refractivity contribution in [2.24, 2.45) is 0 Å². The molecule has 0 N–H and O–H groups in total. The Hall–Kier alpha value is -3.56. The Morgan fingerprint density at radius 3 is 2.52 bits per heavy atom. The first kappa shape index (κ1) is 29.9. The average Bonchev–Trinajstić information content (AvgIpc) is 3.36. The van der Waals surface area contributed by atoms with Crippen LogP contribution in [0.3, 0.4) is 0 Å². The molecule has 2 heterocycles. The van der Waals surface area contributed by atoms with E-state index in [1.54, 1.807) is 4.31 Å². The molecule has 0 aliphatic carbocycles. The van der Waals surface area contributed by atoms with Crippen LogP contribution in [0.25, 0.3) is 11.1 Å².